The Bertz CT molecular complexity index is 5300. The van der Waals surface area contributed by atoms with Crippen LogP contribution in [0.2, 0.25) is 0 Å². The van der Waals surface area contributed by atoms with E-state index in [0.717, 1.165) is 0 Å². The first-order chi connectivity index (χ1) is 51.4. The fraction of sp³-hybridized carbons (Fsp3) is 0.333. The van der Waals surface area contributed by atoms with E-state index in [2.05, 4.69) is 279 Å². The van der Waals surface area contributed by atoms with E-state index < -0.39 is 0 Å². The second kappa shape index (κ2) is 31.2. The van der Waals surface area contributed by atoms with Crippen LogP contribution < -0.4 is 0 Å². The summed E-state index contributed by atoms with van der Waals surface area (Å²) in [4.78, 5) is 0. The van der Waals surface area contributed by atoms with Crippen molar-refractivity contribution in [3.05, 3.63) is 265 Å². The van der Waals surface area contributed by atoms with Crippen molar-refractivity contribution in [2.45, 2.75) is 218 Å². The number of nitrogens with zero attached hydrogens (tertiary/aromatic N) is 2. The van der Waals surface area contributed by atoms with Crippen molar-refractivity contribution in [1.29, 1.82) is 0 Å². The first-order valence-corrected chi connectivity index (χ1v) is 41.1. The van der Waals surface area contributed by atoms with E-state index in [0.29, 0.717) is 0 Å². The van der Waals surface area contributed by atoms with Gasteiger partial charge in [0.2, 0.25) is 0 Å². The van der Waals surface area contributed by atoms with Gasteiger partial charge in [-0.2, -0.15) is 0 Å². The molecule has 0 atom stereocenters. The molecule has 2 heteroatoms. The van der Waals surface area contributed by atoms with Gasteiger partial charge in [0, 0.05) is 43.7 Å². The molecule has 0 N–H and O–H groups in total. The predicted octanol–water partition coefficient (Wildman–Crippen LogP) is 30.7. The Hall–Kier alpha value is -9.24. The maximum absolute atomic E-state index is 2.70. The number of benzene rings is 12. The molecule has 0 spiro atoms. The zero-order valence-electron chi connectivity index (χ0n) is 62.8. The number of fused-ring (bicyclic) bond motifs is 14. The van der Waals surface area contributed by atoms with E-state index in [9.17, 15) is 0 Å². The van der Waals surface area contributed by atoms with Crippen molar-refractivity contribution in [2.24, 2.45) is 0 Å². The van der Waals surface area contributed by atoms with Crippen LogP contribution in [0.15, 0.2) is 243 Å². The van der Waals surface area contributed by atoms with Crippen molar-refractivity contribution in [2.75, 3.05) is 0 Å². The molecule has 0 unspecified atom stereocenters. The highest BCUT2D eigenvalue weighted by atomic mass is 15.0. The summed E-state index contributed by atoms with van der Waals surface area (Å²) in [6.45, 7) is 9.35. The Balaban J connectivity index is 0.800. The number of aromatic nitrogens is 2. The second-order valence-electron chi connectivity index (χ2n) is 31.5. The standard InChI is InChI=1S/C102H108N2/c1-5-9-13-17-21-33-62-101(63-34-22-18-14-10-6-2)93-46-31-29-43-85(93)88-71-99-91(69-95(88)101)87-60-54-80(84-45-37-41-76-39-27-28-42-83(76)84)68-98(87)104(99)82-58-52-75(53-59-82)74-50-56-81(57-51-74)103-97-61-55-79(78-49-48-73-38-25-26-40-77(73)66-78)67-90(97)92-70-96-89(72-100(92)103)86-44-30-32-47-94(86)102(96,64-35-23-19-15-11-7-3)65-36-24-20-16-12-8-4/h25-32,37-61,66-72H,5-24,33-36,62-65H2,1-4H3. The lowest BCUT2D eigenvalue weighted by molar-refractivity contribution is 0.398. The molecule has 0 bridgehead atoms. The Labute approximate surface area is 620 Å². The maximum atomic E-state index is 2.70. The van der Waals surface area contributed by atoms with Crippen molar-refractivity contribution < 1.29 is 0 Å². The molecule has 0 fully saturated rings. The van der Waals surface area contributed by atoms with Gasteiger partial charge in [0.25, 0.3) is 0 Å². The zero-order valence-corrected chi connectivity index (χ0v) is 62.8. The minimum atomic E-state index is -0.0160. The number of unbranched alkanes of at least 4 members (excludes halogenated alkanes) is 20. The van der Waals surface area contributed by atoms with Crippen LogP contribution in [-0.4, -0.2) is 9.13 Å². The van der Waals surface area contributed by atoms with E-state index in [-0.39, 0.29) is 10.8 Å². The Kier molecular flexibility index (Phi) is 20.8. The number of hydrogen-bond acceptors (Lipinski definition) is 0. The van der Waals surface area contributed by atoms with Gasteiger partial charge in [-0.1, -0.05) is 352 Å². The van der Waals surface area contributed by atoms with E-state index >= 15 is 0 Å². The molecule has 526 valence electrons. The predicted molar refractivity (Wildman–Crippen MR) is 451 cm³/mol. The highest BCUT2D eigenvalue weighted by molar-refractivity contribution is 6.14. The maximum Gasteiger partial charge on any atom is 0.0547 e. The summed E-state index contributed by atoms with van der Waals surface area (Å²) in [5, 5.41) is 10.5. The molecular weight excluding hydrogens is 1250 g/mol. The van der Waals surface area contributed by atoms with Gasteiger partial charge in [-0.15, -0.1) is 0 Å². The first kappa shape index (κ1) is 69.1. The number of hydrogen-bond donors (Lipinski definition) is 0. The molecular formula is C102H108N2. The zero-order chi connectivity index (χ0) is 70.4. The smallest absolute Gasteiger partial charge is 0.0547 e. The van der Waals surface area contributed by atoms with Gasteiger partial charge in [-0.05, 0) is 198 Å². The lowest BCUT2D eigenvalue weighted by Crippen LogP contribution is -2.25. The van der Waals surface area contributed by atoms with Gasteiger partial charge in [0.05, 0.1) is 22.1 Å². The molecule has 2 nitrogen and oxygen atoms in total. The summed E-state index contributed by atoms with van der Waals surface area (Å²) in [6, 6.07) is 95.0. The van der Waals surface area contributed by atoms with Gasteiger partial charge in [0.15, 0.2) is 0 Å². The van der Waals surface area contributed by atoms with Crippen molar-refractivity contribution in [3.8, 4) is 67.0 Å². The highest BCUT2D eigenvalue weighted by Crippen LogP contribution is 2.58. The van der Waals surface area contributed by atoms with Crippen LogP contribution in [0.1, 0.15) is 230 Å². The summed E-state index contributed by atoms with van der Waals surface area (Å²) >= 11 is 0. The molecule has 2 aliphatic carbocycles. The molecule has 14 aromatic rings. The van der Waals surface area contributed by atoms with Crippen LogP contribution in [0.5, 0.6) is 0 Å². The molecule has 2 aliphatic rings. The third kappa shape index (κ3) is 13.1. The largest absolute Gasteiger partial charge is 0.309 e. The van der Waals surface area contributed by atoms with Crippen LogP contribution in [0.3, 0.4) is 0 Å². The molecule has 16 rings (SSSR count). The van der Waals surface area contributed by atoms with Crippen LogP contribution in [0, 0.1) is 0 Å². The second-order valence-corrected chi connectivity index (χ2v) is 31.5. The van der Waals surface area contributed by atoms with Gasteiger partial charge >= 0.3 is 0 Å². The summed E-state index contributed by atoms with van der Waals surface area (Å²) in [6.07, 6.45) is 36.3. The lowest BCUT2D eigenvalue weighted by Gasteiger charge is -2.33. The summed E-state index contributed by atoms with van der Waals surface area (Å²) in [7, 11) is 0. The minimum Gasteiger partial charge on any atom is -0.309 e. The molecule has 2 heterocycles. The van der Waals surface area contributed by atoms with Crippen molar-refractivity contribution in [3.63, 3.8) is 0 Å². The minimum absolute atomic E-state index is 0.00759. The number of rotatable bonds is 33. The normalized spacial score (nSPS) is 13.5. The van der Waals surface area contributed by atoms with Crippen molar-refractivity contribution in [1.82, 2.24) is 9.13 Å². The third-order valence-electron chi connectivity index (χ3n) is 24.9. The van der Waals surface area contributed by atoms with Gasteiger partial charge in [0.1, 0.15) is 0 Å². The van der Waals surface area contributed by atoms with Crippen molar-refractivity contribution >= 4 is 65.2 Å². The molecule has 0 radical (unpaired) electrons. The Morgan fingerprint density at radius 3 is 1.13 bits per heavy atom. The monoisotopic (exact) mass is 1360 g/mol. The summed E-state index contributed by atoms with van der Waals surface area (Å²) in [5.74, 6) is 0. The van der Waals surface area contributed by atoms with E-state index in [1.54, 1.807) is 22.3 Å². The highest BCUT2D eigenvalue weighted by Gasteiger charge is 2.44. The van der Waals surface area contributed by atoms with Crippen LogP contribution in [0.4, 0.5) is 0 Å². The van der Waals surface area contributed by atoms with Crippen LogP contribution in [-0.2, 0) is 10.8 Å². The van der Waals surface area contributed by atoms with Crippen LogP contribution in [0.25, 0.3) is 132 Å². The van der Waals surface area contributed by atoms with Gasteiger partial charge in [-0.25, -0.2) is 0 Å². The lowest BCUT2D eigenvalue weighted by atomic mass is 9.70. The fourth-order valence-electron chi connectivity index (χ4n) is 19.4. The molecule has 0 saturated carbocycles. The Morgan fingerprint density at radius 2 is 0.596 bits per heavy atom. The van der Waals surface area contributed by atoms with E-state index in [4.69, 9.17) is 0 Å². The summed E-state index contributed by atoms with van der Waals surface area (Å²) in [5.41, 5.74) is 26.9. The third-order valence-corrected chi connectivity index (χ3v) is 24.9. The molecule has 12 aromatic carbocycles. The molecule has 0 saturated heterocycles. The quantitative estimate of drug-likeness (QED) is 0.0363. The molecule has 0 amide bonds. The average Bonchev–Trinajstić information content (AvgIpc) is 1.55. The molecule has 2 aromatic heterocycles. The van der Waals surface area contributed by atoms with Gasteiger partial charge < -0.3 is 9.13 Å². The van der Waals surface area contributed by atoms with Crippen LogP contribution >= 0.6 is 0 Å². The van der Waals surface area contributed by atoms with Gasteiger partial charge in [-0.3, -0.25) is 0 Å². The van der Waals surface area contributed by atoms with E-state index in [1.165, 1.54) is 312 Å². The molecule has 0 aliphatic heterocycles. The SMILES string of the molecule is CCCCCCCCC1(CCCCCCCC)c2ccccc2-c2cc3c(cc21)c1cc(-c2ccc4ccccc4c2)ccc1n3-c1ccc(-c2ccc(-n3c4cc(-c5cccc6ccccc56)ccc4c4cc5c(cc43)-c3ccccc3C5(CCCCCCCC)CCCCCCCC)cc2)cc1. The molecule has 104 heavy (non-hydrogen) atoms. The van der Waals surface area contributed by atoms with E-state index in [1.807, 2.05) is 0 Å². The topological polar surface area (TPSA) is 9.86 Å². The fourth-order valence-corrected chi connectivity index (χ4v) is 19.4. The summed E-state index contributed by atoms with van der Waals surface area (Å²) < 4.78 is 5.19. The Morgan fingerprint density at radius 1 is 0.212 bits per heavy atom. The average molecular weight is 1360 g/mol. The first-order valence-electron chi connectivity index (χ1n) is 41.1.